The van der Waals surface area contributed by atoms with Gasteiger partial charge in [-0.05, 0) is 38.5 Å². The molecule has 0 saturated heterocycles. The van der Waals surface area contributed by atoms with E-state index in [1.807, 2.05) is 31.2 Å². The Kier molecular flexibility index (Phi) is 4.57. The van der Waals surface area contributed by atoms with Gasteiger partial charge in [0, 0.05) is 10.9 Å². The molecule has 1 atom stereocenters. The molecule has 0 spiro atoms. The van der Waals surface area contributed by atoms with Crippen molar-refractivity contribution in [3.8, 4) is 0 Å². The second-order valence-corrected chi connectivity index (χ2v) is 6.62. The first-order valence-electron chi connectivity index (χ1n) is 8.35. The van der Waals surface area contributed by atoms with Crippen molar-refractivity contribution in [3.05, 3.63) is 65.6 Å². The lowest BCUT2D eigenvalue weighted by atomic mass is 9.91. The van der Waals surface area contributed by atoms with Crippen molar-refractivity contribution in [2.75, 3.05) is 0 Å². The van der Waals surface area contributed by atoms with Gasteiger partial charge in [-0.15, -0.1) is 0 Å². The molecule has 0 aliphatic rings. The molecule has 1 unspecified atom stereocenters. The van der Waals surface area contributed by atoms with Gasteiger partial charge in [0.05, 0.1) is 11.5 Å². The lowest BCUT2D eigenvalue weighted by Gasteiger charge is -2.29. The molecule has 0 bridgehead atoms. The number of benzene rings is 2. The third kappa shape index (κ3) is 3.27. The summed E-state index contributed by atoms with van der Waals surface area (Å²) in [5, 5.41) is 7.88. The van der Waals surface area contributed by atoms with E-state index in [-0.39, 0.29) is 11.7 Å². The Bertz CT molecular complexity index is 901. The van der Waals surface area contributed by atoms with Crippen LogP contribution in [-0.2, 0) is 10.3 Å². The topological polar surface area (TPSA) is 55.1 Å². The van der Waals surface area contributed by atoms with Crippen molar-refractivity contribution in [2.24, 2.45) is 0 Å². The summed E-state index contributed by atoms with van der Waals surface area (Å²) in [5.74, 6) is -1.00. The Morgan fingerprint density at radius 3 is 2.60 bits per heavy atom. The first-order valence-corrected chi connectivity index (χ1v) is 8.35. The van der Waals surface area contributed by atoms with Crippen molar-refractivity contribution in [2.45, 2.75) is 38.6 Å². The number of aromatic nitrogens is 1. The minimum Gasteiger partial charge on any atom is -0.356 e. The van der Waals surface area contributed by atoms with Gasteiger partial charge in [-0.1, -0.05) is 42.4 Å². The van der Waals surface area contributed by atoms with Crippen LogP contribution in [-0.4, -0.2) is 11.1 Å². The molecule has 1 aromatic heterocycles. The van der Waals surface area contributed by atoms with Crippen molar-refractivity contribution in [1.29, 1.82) is 0 Å². The second-order valence-electron chi connectivity index (χ2n) is 6.62. The van der Waals surface area contributed by atoms with Crippen LogP contribution in [0.15, 0.2) is 53.1 Å². The molecular formula is C20H21FN2O2. The summed E-state index contributed by atoms with van der Waals surface area (Å²) < 4.78 is 19.4. The van der Waals surface area contributed by atoms with Gasteiger partial charge in [0.15, 0.2) is 5.58 Å². The molecule has 25 heavy (non-hydrogen) atoms. The summed E-state index contributed by atoms with van der Waals surface area (Å²) in [4.78, 5) is 12.9. The summed E-state index contributed by atoms with van der Waals surface area (Å²) >= 11 is 0. The fourth-order valence-electron chi connectivity index (χ4n) is 3.09. The Morgan fingerprint density at radius 2 is 1.88 bits per heavy atom. The maximum atomic E-state index is 14.1. The van der Waals surface area contributed by atoms with Gasteiger partial charge in [0.2, 0.25) is 5.91 Å². The van der Waals surface area contributed by atoms with E-state index in [1.165, 1.54) is 6.07 Å². The number of halogens is 1. The predicted molar refractivity (Wildman–Crippen MR) is 94.6 cm³/mol. The molecule has 0 aliphatic carbocycles. The molecule has 3 aromatic rings. The van der Waals surface area contributed by atoms with Gasteiger partial charge >= 0.3 is 0 Å². The number of para-hydroxylation sites is 1. The van der Waals surface area contributed by atoms with Crippen molar-refractivity contribution >= 4 is 16.9 Å². The first kappa shape index (κ1) is 17.1. The van der Waals surface area contributed by atoms with Gasteiger partial charge < -0.3 is 9.84 Å². The largest absolute Gasteiger partial charge is 0.356 e. The monoisotopic (exact) mass is 340 g/mol. The fraction of sp³-hybridized carbons (Fsp3) is 0.300. The fourth-order valence-corrected chi connectivity index (χ4v) is 3.09. The minimum atomic E-state index is -0.838. The van der Waals surface area contributed by atoms with Gasteiger partial charge in [-0.25, -0.2) is 4.39 Å². The number of amides is 1. The van der Waals surface area contributed by atoms with Crippen molar-refractivity contribution in [3.63, 3.8) is 0 Å². The molecule has 1 heterocycles. The predicted octanol–water partition coefficient (Wildman–Crippen LogP) is 4.51. The summed E-state index contributed by atoms with van der Waals surface area (Å²) in [6.45, 7) is 5.50. The number of carbonyl (C=O) groups is 1. The van der Waals surface area contributed by atoms with E-state index in [0.717, 1.165) is 5.39 Å². The molecule has 5 heteroatoms. The minimum absolute atomic E-state index is 0.199. The molecule has 0 radical (unpaired) electrons. The van der Waals surface area contributed by atoms with Crippen LogP contribution in [0, 0.1) is 5.82 Å². The van der Waals surface area contributed by atoms with Gasteiger partial charge in [0.1, 0.15) is 11.5 Å². The van der Waals surface area contributed by atoms with E-state index >= 15 is 0 Å². The molecule has 2 aromatic carbocycles. The van der Waals surface area contributed by atoms with Crippen LogP contribution in [0.1, 0.15) is 44.4 Å². The lowest BCUT2D eigenvalue weighted by Crippen LogP contribution is -2.44. The normalized spacial score (nSPS) is 13.0. The zero-order valence-corrected chi connectivity index (χ0v) is 14.5. The van der Waals surface area contributed by atoms with Crippen molar-refractivity contribution in [1.82, 2.24) is 10.5 Å². The molecule has 1 amide bonds. The van der Waals surface area contributed by atoms with Crippen LogP contribution in [0.25, 0.3) is 11.0 Å². The standard InChI is InChI=1S/C20H21FN2O2/c1-4-13(18-14-9-5-8-12-17(14)25-23-18)19(24)22-20(2,3)15-10-6-7-11-16(15)21/h5-13H,4H2,1-3H3,(H,22,24). The van der Waals surface area contributed by atoms with Gasteiger partial charge in [0.25, 0.3) is 0 Å². The zero-order valence-electron chi connectivity index (χ0n) is 14.5. The van der Waals surface area contributed by atoms with E-state index < -0.39 is 11.5 Å². The number of nitrogens with one attached hydrogen (secondary N) is 1. The van der Waals surface area contributed by atoms with E-state index in [9.17, 15) is 9.18 Å². The Hall–Kier alpha value is -2.69. The molecular weight excluding hydrogens is 319 g/mol. The number of fused-ring (bicyclic) bond motifs is 1. The molecule has 3 rings (SSSR count). The maximum absolute atomic E-state index is 14.1. The van der Waals surface area contributed by atoms with Crippen LogP contribution >= 0.6 is 0 Å². The number of carbonyl (C=O) groups excluding carboxylic acids is 1. The molecule has 130 valence electrons. The average molecular weight is 340 g/mol. The highest BCUT2D eigenvalue weighted by Crippen LogP contribution is 2.29. The number of rotatable bonds is 5. The van der Waals surface area contributed by atoms with E-state index in [2.05, 4.69) is 10.5 Å². The second kappa shape index (κ2) is 6.67. The maximum Gasteiger partial charge on any atom is 0.229 e. The molecule has 0 aliphatic heterocycles. The first-order chi connectivity index (χ1) is 11.9. The highest BCUT2D eigenvalue weighted by Gasteiger charge is 2.31. The number of hydrogen-bond acceptors (Lipinski definition) is 3. The summed E-state index contributed by atoms with van der Waals surface area (Å²) in [6, 6.07) is 13.9. The van der Waals surface area contributed by atoms with E-state index in [4.69, 9.17) is 4.52 Å². The highest BCUT2D eigenvalue weighted by atomic mass is 19.1. The smallest absolute Gasteiger partial charge is 0.229 e. The quantitative estimate of drug-likeness (QED) is 0.743. The van der Waals surface area contributed by atoms with Gasteiger partial charge in [-0.3, -0.25) is 4.79 Å². The molecule has 0 saturated carbocycles. The average Bonchev–Trinajstić information content (AvgIpc) is 2.99. The Balaban J connectivity index is 1.89. The molecule has 0 fully saturated rings. The summed E-state index contributed by atoms with van der Waals surface area (Å²) in [7, 11) is 0. The van der Waals surface area contributed by atoms with Crippen LogP contribution in [0.4, 0.5) is 4.39 Å². The zero-order chi connectivity index (χ0) is 18.0. The number of nitrogens with zero attached hydrogens (tertiary/aromatic N) is 1. The third-order valence-corrected chi connectivity index (χ3v) is 4.44. The summed E-state index contributed by atoms with van der Waals surface area (Å²) in [6.07, 6.45) is 0.565. The molecule has 4 nitrogen and oxygen atoms in total. The number of hydrogen-bond donors (Lipinski definition) is 1. The SMILES string of the molecule is CCC(C(=O)NC(C)(C)c1ccccc1F)c1noc2ccccc12. The lowest BCUT2D eigenvalue weighted by molar-refractivity contribution is -0.124. The Labute approximate surface area is 146 Å². The van der Waals surface area contributed by atoms with E-state index in [1.54, 1.807) is 32.0 Å². The van der Waals surface area contributed by atoms with E-state index in [0.29, 0.717) is 23.3 Å². The third-order valence-electron chi connectivity index (χ3n) is 4.44. The highest BCUT2D eigenvalue weighted by molar-refractivity contribution is 5.90. The van der Waals surface area contributed by atoms with Crippen LogP contribution in [0.5, 0.6) is 0 Å². The van der Waals surface area contributed by atoms with Crippen LogP contribution in [0.2, 0.25) is 0 Å². The Morgan fingerprint density at radius 1 is 1.20 bits per heavy atom. The van der Waals surface area contributed by atoms with Crippen LogP contribution < -0.4 is 5.32 Å². The summed E-state index contributed by atoms with van der Waals surface area (Å²) in [5.41, 5.74) is 0.871. The van der Waals surface area contributed by atoms with Crippen molar-refractivity contribution < 1.29 is 13.7 Å². The van der Waals surface area contributed by atoms with Gasteiger partial charge in [-0.2, -0.15) is 0 Å². The van der Waals surface area contributed by atoms with Crippen LogP contribution in [0.3, 0.4) is 0 Å². The molecule has 1 N–H and O–H groups in total.